The summed E-state index contributed by atoms with van der Waals surface area (Å²) in [7, 11) is 1.65. The van der Waals surface area contributed by atoms with Crippen LogP contribution in [0.1, 0.15) is 16.1 Å². The van der Waals surface area contributed by atoms with Crippen LogP contribution >= 0.6 is 11.6 Å². The van der Waals surface area contributed by atoms with Gasteiger partial charge < -0.3 is 15.4 Å². The van der Waals surface area contributed by atoms with Crippen LogP contribution in [0.2, 0.25) is 5.02 Å². The summed E-state index contributed by atoms with van der Waals surface area (Å²) < 4.78 is 5.16. The molecule has 1 heterocycles. The van der Waals surface area contributed by atoms with Crippen molar-refractivity contribution in [1.29, 1.82) is 0 Å². The summed E-state index contributed by atoms with van der Waals surface area (Å²) in [5.41, 5.74) is 2.92. The van der Waals surface area contributed by atoms with Crippen molar-refractivity contribution in [2.24, 2.45) is 0 Å². The molecule has 1 amide bonds. The number of amides is 1. The molecule has 0 unspecified atom stereocenters. The Morgan fingerprint density at radius 1 is 1.11 bits per heavy atom. The van der Waals surface area contributed by atoms with Crippen LogP contribution in [0, 0.1) is 0 Å². The molecule has 2 aromatic carbocycles. The Morgan fingerprint density at radius 2 is 1.89 bits per heavy atom. The fraction of sp³-hybridized carbons (Fsp3) is 0.143. The maximum absolute atomic E-state index is 12.4. The molecule has 0 radical (unpaired) electrons. The van der Waals surface area contributed by atoms with Gasteiger partial charge in [-0.05, 0) is 48.4 Å². The highest BCUT2D eigenvalue weighted by Crippen LogP contribution is 2.21. The molecule has 0 atom stereocenters. The number of pyridine rings is 1. The number of carbonyl (C=O) groups excluding carboxylic acids is 1. The lowest BCUT2D eigenvalue weighted by atomic mass is 10.1. The number of hydrogen-bond donors (Lipinski definition) is 2. The second kappa shape index (κ2) is 9.05. The van der Waals surface area contributed by atoms with E-state index in [9.17, 15) is 4.79 Å². The maximum Gasteiger partial charge on any atom is 0.274 e. The number of aromatic nitrogens is 1. The normalized spacial score (nSPS) is 10.3. The molecule has 6 heteroatoms. The molecule has 0 spiro atoms. The molecule has 5 nitrogen and oxygen atoms in total. The van der Waals surface area contributed by atoms with Gasteiger partial charge in [0.2, 0.25) is 0 Å². The first-order valence-electron chi connectivity index (χ1n) is 8.54. The van der Waals surface area contributed by atoms with Crippen molar-refractivity contribution in [2.45, 2.75) is 6.42 Å². The van der Waals surface area contributed by atoms with Crippen LogP contribution in [0.4, 0.5) is 11.4 Å². The molecule has 0 fully saturated rings. The molecule has 3 aromatic rings. The van der Waals surface area contributed by atoms with Crippen LogP contribution in [0.15, 0.2) is 66.9 Å². The minimum atomic E-state index is -0.304. The number of ether oxygens (including phenoxy) is 1. The fourth-order valence-electron chi connectivity index (χ4n) is 2.56. The molecule has 3 rings (SSSR count). The third kappa shape index (κ3) is 5.21. The Kier molecular flexibility index (Phi) is 6.28. The second-order valence-electron chi connectivity index (χ2n) is 5.89. The van der Waals surface area contributed by atoms with E-state index in [2.05, 4.69) is 15.6 Å². The standard InChI is InChI=1S/C21H20ClN3O2/c1-27-17-8-6-15(7-9-17)10-12-23-16-11-13-24-20(14-16)21(26)25-19-5-3-2-4-18(19)22/h2-9,11,13-14H,10,12H2,1H3,(H,23,24)(H,25,26). The molecule has 0 saturated heterocycles. The predicted octanol–water partition coefficient (Wildman–Crippen LogP) is 4.65. The van der Waals surface area contributed by atoms with E-state index in [1.165, 1.54) is 5.56 Å². The summed E-state index contributed by atoms with van der Waals surface area (Å²) in [6.07, 6.45) is 2.46. The van der Waals surface area contributed by atoms with Crippen LogP contribution in [0.5, 0.6) is 5.75 Å². The number of rotatable bonds is 7. The van der Waals surface area contributed by atoms with Gasteiger partial charge in [0.15, 0.2) is 0 Å². The van der Waals surface area contributed by atoms with Crippen molar-refractivity contribution in [3.63, 3.8) is 0 Å². The predicted molar refractivity (Wildman–Crippen MR) is 109 cm³/mol. The second-order valence-corrected chi connectivity index (χ2v) is 6.30. The van der Waals surface area contributed by atoms with Gasteiger partial charge in [-0.1, -0.05) is 35.9 Å². The van der Waals surface area contributed by atoms with Crippen molar-refractivity contribution in [3.8, 4) is 5.75 Å². The summed E-state index contributed by atoms with van der Waals surface area (Å²) in [6.45, 7) is 0.738. The molecule has 0 aliphatic heterocycles. The number of anilines is 2. The quantitative estimate of drug-likeness (QED) is 0.625. The van der Waals surface area contributed by atoms with Crippen molar-refractivity contribution < 1.29 is 9.53 Å². The number of nitrogens with one attached hydrogen (secondary N) is 2. The summed E-state index contributed by atoms with van der Waals surface area (Å²) in [5.74, 6) is 0.539. The van der Waals surface area contributed by atoms with Crippen LogP contribution in [0.3, 0.4) is 0 Å². The monoisotopic (exact) mass is 381 g/mol. The number of para-hydroxylation sites is 1. The smallest absolute Gasteiger partial charge is 0.274 e. The Hall–Kier alpha value is -3.05. The first-order chi connectivity index (χ1) is 13.2. The Bertz CT molecular complexity index is 913. The van der Waals surface area contributed by atoms with Crippen LogP contribution in [-0.2, 0) is 6.42 Å². The Labute approximate surface area is 163 Å². The van der Waals surface area contributed by atoms with Crippen molar-refractivity contribution in [2.75, 3.05) is 24.3 Å². The zero-order chi connectivity index (χ0) is 19.1. The number of benzene rings is 2. The lowest BCUT2D eigenvalue weighted by Gasteiger charge is -2.09. The van der Waals surface area contributed by atoms with E-state index >= 15 is 0 Å². The SMILES string of the molecule is COc1ccc(CCNc2ccnc(C(=O)Nc3ccccc3Cl)c2)cc1. The lowest BCUT2D eigenvalue weighted by molar-refractivity contribution is 0.102. The van der Waals surface area contributed by atoms with Gasteiger partial charge in [0, 0.05) is 18.4 Å². The van der Waals surface area contributed by atoms with E-state index in [-0.39, 0.29) is 5.91 Å². The minimum absolute atomic E-state index is 0.304. The van der Waals surface area contributed by atoms with Crippen molar-refractivity contribution in [1.82, 2.24) is 4.98 Å². The van der Waals surface area contributed by atoms with E-state index in [0.717, 1.165) is 24.4 Å². The van der Waals surface area contributed by atoms with E-state index in [0.29, 0.717) is 16.4 Å². The van der Waals surface area contributed by atoms with Crippen molar-refractivity contribution >= 4 is 28.9 Å². The number of halogens is 1. The highest BCUT2D eigenvalue weighted by Gasteiger charge is 2.10. The van der Waals surface area contributed by atoms with Gasteiger partial charge in [-0.15, -0.1) is 0 Å². The van der Waals surface area contributed by atoms with Gasteiger partial charge in [-0.2, -0.15) is 0 Å². The van der Waals surface area contributed by atoms with E-state index in [4.69, 9.17) is 16.3 Å². The maximum atomic E-state index is 12.4. The molecule has 0 saturated carbocycles. The molecular formula is C21H20ClN3O2. The zero-order valence-electron chi connectivity index (χ0n) is 14.9. The summed E-state index contributed by atoms with van der Waals surface area (Å²) in [5, 5.41) is 6.57. The highest BCUT2D eigenvalue weighted by molar-refractivity contribution is 6.33. The molecule has 2 N–H and O–H groups in total. The first-order valence-corrected chi connectivity index (χ1v) is 8.92. The van der Waals surface area contributed by atoms with E-state index in [1.807, 2.05) is 42.5 Å². The minimum Gasteiger partial charge on any atom is -0.497 e. The number of methoxy groups -OCH3 is 1. The van der Waals surface area contributed by atoms with Gasteiger partial charge >= 0.3 is 0 Å². The average molecular weight is 382 g/mol. The summed E-state index contributed by atoms with van der Waals surface area (Å²) in [6, 6.07) is 18.6. The topological polar surface area (TPSA) is 63.2 Å². The van der Waals surface area contributed by atoms with Gasteiger partial charge in [0.1, 0.15) is 11.4 Å². The molecule has 0 aliphatic rings. The third-order valence-electron chi connectivity index (χ3n) is 4.02. The molecular weight excluding hydrogens is 362 g/mol. The number of carbonyl (C=O) groups is 1. The van der Waals surface area contributed by atoms with Gasteiger partial charge in [0.05, 0.1) is 17.8 Å². The third-order valence-corrected chi connectivity index (χ3v) is 4.35. The van der Waals surface area contributed by atoms with Gasteiger partial charge in [-0.25, -0.2) is 0 Å². The molecule has 27 heavy (non-hydrogen) atoms. The number of nitrogens with zero attached hydrogens (tertiary/aromatic N) is 1. The average Bonchev–Trinajstić information content (AvgIpc) is 2.70. The summed E-state index contributed by atoms with van der Waals surface area (Å²) in [4.78, 5) is 16.5. The largest absolute Gasteiger partial charge is 0.497 e. The molecule has 138 valence electrons. The molecule has 0 aliphatic carbocycles. The van der Waals surface area contributed by atoms with Crippen molar-refractivity contribution in [3.05, 3.63) is 83.1 Å². The fourth-order valence-corrected chi connectivity index (χ4v) is 2.74. The van der Waals surface area contributed by atoms with Crippen LogP contribution < -0.4 is 15.4 Å². The first kappa shape index (κ1) is 18.7. The zero-order valence-corrected chi connectivity index (χ0v) is 15.7. The molecule has 1 aromatic heterocycles. The number of hydrogen-bond acceptors (Lipinski definition) is 4. The van der Waals surface area contributed by atoms with E-state index < -0.39 is 0 Å². The van der Waals surface area contributed by atoms with E-state index in [1.54, 1.807) is 31.5 Å². The Morgan fingerprint density at radius 3 is 2.63 bits per heavy atom. The lowest BCUT2D eigenvalue weighted by Crippen LogP contribution is -2.14. The molecule has 0 bridgehead atoms. The highest BCUT2D eigenvalue weighted by atomic mass is 35.5. The van der Waals surface area contributed by atoms with Crippen LogP contribution in [0.25, 0.3) is 0 Å². The summed E-state index contributed by atoms with van der Waals surface area (Å²) >= 11 is 6.08. The van der Waals surface area contributed by atoms with Gasteiger partial charge in [0.25, 0.3) is 5.91 Å². The van der Waals surface area contributed by atoms with Gasteiger partial charge in [-0.3, -0.25) is 9.78 Å². The van der Waals surface area contributed by atoms with Crippen LogP contribution in [-0.4, -0.2) is 24.5 Å². The Balaban J connectivity index is 1.58.